The molecule has 0 saturated carbocycles. The Balaban J connectivity index is 4.07. The molecule has 0 spiro atoms. The summed E-state index contributed by atoms with van der Waals surface area (Å²) in [6.45, 7) is 17.6. The topological polar surface area (TPSA) is 83.1 Å². The van der Waals surface area contributed by atoms with E-state index in [4.69, 9.17) is 42.6 Å². The van der Waals surface area contributed by atoms with Crippen molar-refractivity contribution in [3.63, 3.8) is 0 Å². The van der Waals surface area contributed by atoms with Gasteiger partial charge < -0.3 is 42.6 Å². The lowest BCUT2D eigenvalue weighted by molar-refractivity contribution is -0.148. The molecule has 0 bridgehead atoms. The first-order valence-electron chi connectivity index (χ1n) is 31.6. The minimum atomic E-state index is -0.105. The second-order valence-corrected chi connectivity index (χ2v) is 20.8. The number of hydrogen-bond donors (Lipinski definition) is 0. The molecule has 428 valence electrons. The normalized spacial score (nSPS) is 12.7. The summed E-state index contributed by atoms with van der Waals surface area (Å²) in [6, 6.07) is 0. The van der Waals surface area contributed by atoms with Crippen LogP contribution in [0.2, 0.25) is 0 Å². The molecule has 0 saturated heterocycles. The number of hydrogen-bond acceptors (Lipinski definition) is 9. The fourth-order valence-electron chi connectivity index (χ4n) is 8.91. The van der Waals surface area contributed by atoms with Crippen molar-refractivity contribution in [2.75, 3.05) is 79.7 Å². The van der Waals surface area contributed by atoms with Crippen molar-refractivity contribution in [3.8, 4) is 0 Å². The van der Waals surface area contributed by atoms with Crippen LogP contribution in [-0.2, 0) is 42.6 Å². The molecule has 0 fully saturated rings. The molecule has 71 heavy (non-hydrogen) atoms. The van der Waals surface area contributed by atoms with Crippen LogP contribution in [0.1, 0.15) is 310 Å². The van der Waals surface area contributed by atoms with Gasteiger partial charge in [-0.25, -0.2) is 0 Å². The molecule has 0 aliphatic heterocycles. The summed E-state index contributed by atoms with van der Waals surface area (Å²) in [5.74, 6) is 0. The molecule has 0 aromatic heterocycles. The maximum Gasteiger partial charge on any atom is 0.157 e. The Morgan fingerprint density at radius 2 is 0.380 bits per heavy atom. The predicted octanol–water partition coefficient (Wildman–Crippen LogP) is 18.9. The predicted molar refractivity (Wildman–Crippen MR) is 302 cm³/mol. The van der Waals surface area contributed by atoms with Gasteiger partial charge in [0.05, 0.1) is 0 Å². The molecule has 0 aromatic rings. The maximum absolute atomic E-state index is 6.27. The van der Waals surface area contributed by atoms with Gasteiger partial charge in [-0.1, -0.05) is 207 Å². The van der Waals surface area contributed by atoms with Crippen LogP contribution >= 0.6 is 0 Å². The molecule has 0 amide bonds. The molecule has 0 N–H and O–H groups in total. The zero-order valence-corrected chi connectivity index (χ0v) is 48.4. The Labute approximate surface area is 443 Å². The van der Waals surface area contributed by atoms with E-state index in [1.165, 1.54) is 193 Å². The van der Waals surface area contributed by atoms with E-state index in [0.717, 1.165) is 143 Å². The first-order chi connectivity index (χ1) is 35.3. The zero-order valence-electron chi connectivity index (χ0n) is 48.4. The Kier molecular flexibility index (Phi) is 65.4. The van der Waals surface area contributed by atoms with Gasteiger partial charge in [0.25, 0.3) is 0 Å². The molecule has 0 aliphatic carbocycles. The first-order valence-corrected chi connectivity index (χ1v) is 31.6. The third-order valence-electron chi connectivity index (χ3n) is 13.7. The summed E-state index contributed by atoms with van der Waals surface area (Å²) in [5, 5.41) is 0. The van der Waals surface area contributed by atoms with E-state index < -0.39 is 0 Å². The van der Waals surface area contributed by atoms with Crippen molar-refractivity contribution >= 4 is 0 Å². The summed E-state index contributed by atoms with van der Waals surface area (Å²) in [5.41, 5.74) is 0. The Morgan fingerprint density at radius 1 is 0.183 bits per heavy atom. The molecule has 9 nitrogen and oxygen atoms in total. The molecule has 0 radical (unpaired) electrons. The van der Waals surface area contributed by atoms with Gasteiger partial charge in [0, 0.05) is 66.1 Å². The number of ether oxygens (including phenoxy) is 9. The zero-order chi connectivity index (χ0) is 51.1. The molecule has 2 unspecified atom stereocenters. The van der Waals surface area contributed by atoms with Crippen molar-refractivity contribution in [2.24, 2.45) is 0 Å². The maximum atomic E-state index is 6.27. The van der Waals surface area contributed by atoms with Crippen LogP contribution in [0.5, 0.6) is 0 Å². The van der Waals surface area contributed by atoms with Gasteiger partial charge in [0.1, 0.15) is 13.6 Å². The van der Waals surface area contributed by atoms with E-state index in [-0.39, 0.29) is 26.2 Å². The van der Waals surface area contributed by atoms with E-state index in [0.29, 0.717) is 13.2 Å². The van der Waals surface area contributed by atoms with Crippen molar-refractivity contribution < 1.29 is 42.6 Å². The van der Waals surface area contributed by atoms with E-state index in [2.05, 4.69) is 27.7 Å². The van der Waals surface area contributed by atoms with Crippen LogP contribution in [-0.4, -0.2) is 92.2 Å². The minimum Gasteiger partial charge on any atom is -0.381 e. The Morgan fingerprint density at radius 3 is 0.648 bits per heavy atom. The Hall–Kier alpha value is -0.360. The Bertz CT molecular complexity index is 842. The van der Waals surface area contributed by atoms with E-state index in [1.807, 2.05) is 0 Å². The van der Waals surface area contributed by atoms with Crippen molar-refractivity contribution in [1.29, 1.82) is 0 Å². The number of rotatable bonds is 66. The lowest BCUT2D eigenvalue weighted by atomic mass is 10.1. The number of unbranched alkanes of at least 4 members (excludes halogenated alkanes) is 34. The SMILES string of the molecule is CCCCCCCCCCOCCCCC(OCCCCCCCCCC)OCCCCCOCOCOCCCCCOC(CCCCOCCCCCCCCCC)OCCCCCCCCCC. The minimum absolute atomic E-state index is 0.105. The monoisotopic (exact) mass is 1010 g/mol. The summed E-state index contributed by atoms with van der Waals surface area (Å²) in [6.07, 6.45) is 54.6. The van der Waals surface area contributed by atoms with E-state index >= 15 is 0 Å². The quantitative estimate of drug-likeness (QED) is 0.0437. The van der Waals surface area contributed by atoms with Gasteiger partial charge in [0.15, 0.2) is 12.6 Å². The largest absolute Gasteiger partial charge is 0.381 e. The van der Waals surface area contributed by atoms with Crippen molar-refractivity contribution in [1.82, 2.24) is 0 Å². The van der Waals surface area contributed by atoms with Gasteiger partial charge in [-0.15, -0.1) is 0 Å². The van der Waals surface area contributed by atoms with E-state index in [1.54, 1.807) is 0 Å². The van der Waals surface area contributed by atoms with Crippen LogP contribution in [0.15, 0.2) is 0 Å². The second kappa shape index (κ2) is 65.8. The van der Waals surface area contributed by atoms with Crippen LogP contribution in [0.3, 0.4) is 0 Å². The highest BCUT2D eigenvalue weighted by atomic mass is 16.7. The molecule has 0 aromatic carbocycles. The smallest absolute Gasteiger partial charge is 0.157 e. The van der Waals surface area contributed by atoms with Crippen LogP contribution in [0, 0.1) is 0 Å². The average molecular weight is 1020 g/mol. The highest BCUT2D eigenvalue weighted by molar-refractivity contribution is 4.55. The summed E-state index contributed by atoms with van der Waals surface area (Å²) < 4.78 is 54.0. The van der Waals surface area contributed by atoms with Crippen LogP contribution in [0.4, 0.5) is 0 Å². The third kappa shape index (κ3) is 62.1. The third-order valence-corrected chi connectivity index (χ3v) is 13.7. The second-order valence-electron chi connectivity index (χ2n) is 20.8. The van der Waals surface area contributed by atoms with Gasteiger partial charge in [-0.2, -0.15) is 0 Å². The molecule has 9 heteroatoms. The fourth-order valence-corrected chi connectivity index (χ4v) is 8.91. The highest BCUT2D eigenvalue weighted by Crippen LogP contribution is 2.16. The van der Waals surface area contributed by atoms with Crippen molar-refractivity contribution in [2.45, 2.75) is 323 Å². The molecule has 2 atom stereocenters. The van der Waals surface area contributed by atoms with Gasteiger partial charge >= 0.3 is 0 Å². The van der Waals surface area contributed by atoms with Crippen molar-refractivity contribution in [3.05, 3.63) is 0 Å². The van der Waals surface area contributed by atoms with Gasteiger partial charge in [0.2, 0.25) is 0 Å². The van der Waals surface area contributed by atoms with Gasteiger partial charge in [-0.3, -0.25) is 0 Å². The standard InChI is InChI=1S/C62H126O9/c1-5-9-13-17-21-25-29-37-49-63-51-45-35-47-61(68-55-41-31-27-23-19-15-11-7-3)70-57-43-33-39-53-65-59-67-60-66-54-40-34-44-58-71-62(69-56-42-32-28-24-20-16-12-8-4)48-36-46-52-64-50-38-30-26-22-18-14-10-6-2/h61-62H,5-60H2,1-4H3. The molecular weight excluding hydrogens is 889 g/mol. The molecule has 0 rings (SSSR count). The van der Waals surface area contributed by atoms with Crippen LogP contribution in [0.25, 0.3) is 0 Å². The first kappa shape index (κ1) is 70.6. The van der Waals surface area contributed by atoms with E-state index in [9.17, 15) is 0 Å². The summed E-state index contributed by atoms with van der Waals surface area (Å²) >= 11 is 0. The molecule has 0 heterocycles. The van der Waals surface area contributed by atoms with Crippen LogP contribution < -0.4 is 0 Å². The molecule has 0 aliphatic rings. The van der Waals surface area contributed by atoms with Gasteiger partial charge in [-0.05, 0) is 103 Å². The average Bonchev–Trinajstić information content (AvgIpc) is 3.38. The summed E-state index contributed by atoms with van der Waals surface area (Å²) in [4.78, 5) is 0. The summed E-state index contributed by atoms with van der Waals surface area (Å²) in [7, 11) is 0. The fraction of sp³-hybridized carbons (Fsp3) is 1.00. The lowest BCUT2D eigenvalue weighted by Crippen LogP contribution is -2.19. The highest BCUT2D eigenvalue weighted by Gasteiger charge is 2.11. The molecular formula is C62H126O9. The lowest BCUT2D eigenvalue weighted by Gasteiger charge is -2.19.